The first-order valence-electron chi connectivity index (χ1n) is 7.66. The SMILES string of the molecule is CC(=O)c1c(C)[nH]c(C(=O)NC(C)c2ccc(S(N)(=O)=O)cc2)c1C. The molecule has 0 saturated heterocycles. The predicted octanol–water partition coefficient (Wildman–Crippen LogP) is 1.97. The average molecular weight is 363 g/mol. The van der Waals surface area contributed by atoms with E-state index in [0.29, 0.717) is 22.5 Å². The van der Waals surface area contributed by atoms with E-state index >= 15 is 0 Å². The van der Waals surface area contributed by atoms with Crippen molar-refractivity contribution in [2.24, 2.45) is 5.14 Å². The zero-order chi connectivity index (χ0) is 18.9. The third-order valence-electron chi connectivity index (χ3n) is 4.07. The Kier molecular flexibility index (Phi) is 5.15. The van der Waals surface area contributed by atoms with Crippen molar-refractivity contribution in [3.8, 4) is 0 Å². The number of primary sulfonamides is 1. The van der Waals surface area contributed by atoms with Crippen LogP contribution < -0.4 is 10.5 Å². The number of hydrogen-bond acceptors (Lipinski definition) is 4. The van der Waals surface area contributed by atoms with E-state index in [0.717, 1.165) is 5.56 Å². The van der Waals surface area contributed by atoms with Crippen molar-refractivity contribution in [3.63, 3.8) is 0 Å². The molecule has 7 nitrogen and oxygen atoms in total. The normalized spacial score (nSPS) is 12.7. The largest absolute Gasteiger partial charge is 0.354 e. The summed E-state index contributed by atoms with van der Waals surface area (Å²) in [6.45, 7) is 6.71. The Hall–Kier alpha value is -2.45. The van der Waals surface area contributed by atoms with Crippen molar-refractivity contribution in [1.29, 1.82) is 0 Å². The van der Waals surface area contributed by atoms with Gasteiger partial charge in [0.1, 0.15) is 5.69 Å². The van der Waals surface area contributed by atoms with Crippen LogP contribution in [0.4, 0.5) is 0 Å². The Balaban J connectivity index is 2.21. The van der Waals surface area contributed by atoms with Crippen LogP contribution in [0, 0.1) is 13.8 Å². The van der Waals surface area contributed by atoms with E-state index < -0.39 is 10.0 Å². The molecule has 0 radical (unpaired) electrons. The van der Waals surface area contributed by atoms with Gasteiger partial charge in [0.05, 0.1) is 10.9 Å². The van der Waals surface area contributed by atoms with E-state index in [-0.39, 0.29) is 22.6 Å². The molecule has 25 heavy (non-hydrogen) atoms. The molecule has 4 N–H and O–H groups in total. The fraction of sp³-hybridized carbons (Fsp3) is 0.294. The Morgan fingerprint density at radius 1 is 1.16 bits per heavy atom. The number of amides is 1. The summed E-state index contributed by atoms with van der Waals surface area (Å²) in [7, 11) is -3.75. The van der Waals surface area contributed by atoms with Gasteiger partial charge in [0, 0.05) is 11.3 Å². The third-order valence-corrected chi connectivity index (χ3v) is 5.00. The highest BCUT2D eigenvalue weighted by atomic mass is 32.2. The second-order valence-corrected chi connectivity index (χ2v) is 7.55. The number of hydrogen-bond donors (Lipinski definition) is 3. The Bertz CT molecular complexity index is 928. The highest BCUT2D eigenvalue weighted by Gasteiger charge is 2.21. The summed E-state index contributed by atoms with van der Waals surface area (Å²) in [4.78, 5) is 27.1. The lowest BCUT2D eigenvalue weighted by Crippen LogP contribution is -2.27. The molecule has 0 aliphatic rings. The molecular weight excluding hydrogens is 342 g/mol. The molecule has 8 heteroatoms. The smallest absolute Gasteiger partial charge is 0.268 e. The number of ketones is 1. The van der Waals surface area contributed by atoms with Gasteiger partial charge >= 0.3 is 0 Å². The van der Waals surface area contributed by atoms with Crippen molar-refractivity contribution >= 4 is 21.7 Å². The molecule has 0 spiro atoms. The van der Waals surface area contributed by atoms with Crippen LogP contribution in [-0.4, -0.2) is 25.1 Å². The van der Waals surface area contributed by atoms with Crippen LogP contribution in [0.25, 0.3) is 0 Å². The van der Waals surface area contributed by atoms with E-state index in [4.69, 9.17) is 5.14 Å². The summed E-state index contributed by atoms with van der Waals surface area (Å²) >= 11 is 0. The third kappa shape index (κ3) is 3.97. The first-order valence-corrected chi connectivity index (χ1v) is 9.20. The number of aromatic nitrogens is 1. The topological polar surface area (TPSA) is 122 Å². The van der Waals surface area contributed by atoms with Crippen LogP contribution in [0.3, 0.4) is 0 Å². The molecule has 1 aromatic heterocycles. The lowest BCUT2D eigenvalue weighted by atomic mass is 10.1. The molecule has 1 unspecified atom stereocenters. The first-order chi connectivity index (χ1) is 11.5. The van der Waals surface area contributed by atoms with Gasteiger partial charge in [-0.05, 0) is 51.0 Å². The van der Waals surface area contributed by atoms with E-state index in [1.807, 2.05) is 0 Å². The van der Waals surface area contributed by atoms with Gasteiger partial charge < -0.3 is 10.3 Å². The van der Waals surface area contributed by atoms with Crippen molar-refractivity contribution in [3.05, 3.63) is 52.3 Å². The summed E-state index contributed by atoms with van der Waals surface area (Å²) < 4.78 is 22.6. The Morgan fingerprint density at radius 3 is 2.16 bits per heavy atom. The van der Waals surface area contributed by atoms with Crippen LogP contribution in [0.1, 0.15) is 57.6 Å². The maximum atomic E-state index is 12.5. The number of rotatable bonds is 5. The monoisotopic (exact) mass is 363 g/mol. The van der Waals surface area contributed by atoms with Gasteiger partial charge in [-0.3, -0.25) is 9.59 Å². The quantitative estimate of drug-likeness (QED) is 0.703. The minimum atomic E-state index is -3.75. The number of sulfonamides is 1. The zero-order valence-corrected chi connectivity index (χ0v) is 15.3. The van der Waals surface area contributed by atoms with Crippen molar-refractivity contribution < 1.29 is 18.0 Å². The average Bonchev–Trinajstić information content (AvgIpc) is 2.81. The number of carbonyl (C=O) groups excluding carboxylic acids is 2. The van der Waals surface area contributed by atoms with Gasteiger partial charge in [0.2, 0.25) is 10.0 Å². The second-order valence-electron chi connectivity index (χ2n) is 5.99. The molecule has 1 amide bonds. The van der Waals surface area contributed by atoms with Gasteiger partial charge in [-0.2, -0.15) is 0 Å². The number of nitrogens with two attached hydrogens (primary N) is 1. The van der Waals surface area contributed by atoms with Crippen LogP contribution in [0.5, 0.6) is 0 Å². The van der Waals surface area contributed by atoms with Crippen molar-refractivity contribution in [2.45, 2.75) is 38.6 Å². The molecule has 0 aliphatic heterocycles. The maximum Gasteiger partial charge on any atom is 0.268 e. The fourth-order valence-corrected chi connectivity index (χ4v) is 3.32. The summed E-state index contributed by atoms with van der Waals surface area (Å²) in [5.41, 5.74) is 2.86. The summed E-state index contributed by atoms with van der Waals surface area (Å²) in [5, 5.41) is 7.90. The summed E-state index contributed by atoms with van der Waals surface area (Å²) in [6.07, 6.45) is 0. The summed E-state index contributed by atoms with van der Waals surface area (Å²) in [6, 6.07) is 5.62. The lowest BCUT2D eigenvalue weighted by molar-refractivity contribution is 0.0934. The van der Waals surface area contributed by atoms with E-state index in [1.165, 1.54) is 19.1 Å². The molecular formula is C17H21N3O4S. The van der Waals surface area contributed by atoms with Gasteiger partial charge in [-0.1, -0.05) is 12.1 Å². The highest BCUT2D eigenvalue weighted by Crippen LogP contribution is 2.20. The van der Waals surface area contributed by atoms with Crippen LogP contribution in [0.2, 0.25) is 0 Å². The predicted molar refractivity (Wildman–Crippen MR) is 94.0 cm³/mol. The van der Waals surface area contributed by atoms with E-state index in [1.54, 1.807) is 32.9 Å². The lowest BCUT2D eigenvalue weighted by Gasteiger charge is -2.14. The minimum absolute atomic E-state index is 0.0108. The van der Waals surface area contributed by atoms with E-state index in [9.17, 15) is 18.0 Å². The van der Waals surface area contributed by atoms with Crippen LogP contribution >= 0.6 is 0 Å². The van der Waals surface area contributed by atoms with Crippen LogP contribution in [-0.2, 0) is 10.0 Å². The molecule has 0 bridgehead atoms. The van der Waals surface area contributed by atoms with Gasteiger partial charge in [0.15, 0.2) is 5.78 Å². The number of carbonyl (C=O) groups is 2. The fourth-order valence-electron chi connectivity index (χ4n) is 2.80. The number of benzene rings is 1. The molecule has 0 saturated carbocycles. The van der Waals surface area contributed by atoms with Crippen molar-refractivity contribution in [2.75, 3.05) is 0 Å². The first kappa shape index (κ1) is 18.9. The van der Waals surface area contributed by atoms with Gasteiger partial charge in [0.25, 0.3) is 5.91 Å². The number of Topliss-reactive ketones (excluding diaryl/α,β-unsaturated/α-hetero) is 1. The van der Waals surface area contributed by atoms with E-state index in [2.05, 4.69) is 10.3 Å². The Morgan fingerprint density at radius 2 is 1.72 bits per heavy atom. The molecule has 0 fully saturated rings. The Labute approximate surface area is 146 Å². The van der Waals surface area contributed by atoms with Gasteiger partial charge in [-0.25, -0.2) is 13.6 Å². The molecule has 2 aromatic rings. The van der Waals surface area contributed by atoms with Gasteiger partial charge in [-0.15, -0.1) is 0 Å². The highest BCUT2D eigenvalue weighted by molar-refractivity contribution is 7.89. The number of aryl methyl sites for hydroxylation is 1. The second kappa shape index (κ2) is 6.81. The maximum absolute atomic E-state index is 12.5. The van der Waals surface area contributed by atoms with Crippen LogP contribution in [0.15, 0.2) is 29.2 Å². The molecule has 1 heterocycles. The standard InChI is InChI=1S/C17H21N3O4S/c1-9-15(12(4)21)11(3)19-16(9)17(22)20-10(2)13-5-7-14(8-6-13)25(18,23)24/h5-8,10,19H,1-4H3,(H,20,22)(H2,18,23,24). The molecule has 134 valence electrons. The number of nitrogens with one attached hydrogen (secondary N) is 2. The van der Waals surface area contributed by atoms with Crippen molar-refractivity contribution in [1.82, 2.24) is 10.3 Å². The molecule has 1 atom stereocenters. The minimum Gasteiger partial charge on any atom is -0.354 e. The molecule has 0 aliphatic carbocycles. The number of aromatic amines is 1. The summed E-state index contributed by atoms with van der Waals surface area (Å²) in [5.74, 6) is -0.437. The number of H-pyrrole nitrogens is 1. The molecule has 2 rings (SSSR count). The zero-order valence-electron chi connectivity index (χ0n) is 14.5. The molecule has 1 aromatic carbocycles.